The molecule has 0 aromatic carbocycles. The van der Waals surface area contributed by atoms with Crippen LogP contribution in [0.1, 0.15) is 81.9 Å². The maximum Gasteiger partial charge on any atom is 0.310 e. The number of hydrogen-bond acceptors (Lipinski definition) is 8. The Kier molecular flexibility index (Phi) is 11.0. The van der Waals surface area contributed by atoms with Crippen molar-refractivity contribution < 1.29 is 14.3 Å². The van der Waals surface area contributed by atoms with E-state index in [4.69, 9.17) is 17.0 Å². The van der Waals surface area contributed by atoms with E-state index in [0.717, 1.165) is 25.7 Å². The van der Waals surface area contributed by atoms with Gasteiger partial charge in [0.15, 0.2) is 0 Å². The van der Waals surface area contributed by atoms with E-state index in [1.54, 1.807) is 31.9 Å². The number of rotatable bonds is 11. The molecule has 0 radical (unpaired) electrons. The first-order valence-corrected chi connectivity index (χ1v) is 14.8. The lowest BCUT2D eigenvalue weighted by molar-refractivity contribution is -0.148. The Bertz CT molecular complexity index is 1200. The van der Waals surface area contributed by atoms with Crippen molar-refractivity contribution in [3.63, 3.8) is 0 Å². The Balaban J connectivity index is 1.93. The number of hydrogen-bond donors (Lipinski definition) is 0. The lowest BCUT2D eigenvalue weighted by atomic mass is 9.96. The van der Waals surface area contributed by atoms with Crippen LogP contribution in [0, 0.1) is 24.2 Å². The van der Waals surface area contributed by atoms with Crippen molar-refractivity contribution in [3.8, 4) is 6.07 Å². The van der Waals surface area contributed by atoms with Gasteiger partial charge in [0.25, 0.3) is 11.5 Å². The molecule has 38 heavy (non-hydrogen) atoms. The summed E-state index contributed by atoms with van der Waals surface area (Å²) in [5.41, 5.74) is 0.799. The quantitative estimate of drug-likeness (QED) is 0.164. The number of aromatic nitrogens is 1. The van der Waals surface area contributed by atoms with Crippen LogP contribution in [-0.2, 0) is 21.4 Å². The molecule has 1 aromatic heterocycles. The van der Waals surface area contributed by atoms with Crippen LogP contribution in [0.4, 0.5) is 5.82 Å². The van der Waals surface area contributed by atoms with E-state index in [1.165, 1.54) is 35.6 Å². The number of thioether (sulfide) groups is 1. The molecular weight excluding hydrogens is 520 g/mol. The molecule has 1 atom stereocenters. The predicted octanol–water partition coefficient (Wildman–Crippen LogP) is 4.91. The number of nitriles is 1. The third-order valence-corrected chi connectivity index (χ3v) is 8.57. The molecule has 3 rings (SSSR count). The maximum atomic E-state index is 13.3. The summed E-state index contributed by atoms with van der Waals surface area (Å²) in [5.74, 6) is -0.0983. The monoisotopic (exact) mass is 558 g/mol. The summed E-state index contributed by atoms with van der Waals surface area (Å²) in [5, 5.41) is 9.73. The van der Waals surface area contributed by atoms with Crippen molar-refractivity contribution in [2.24, 2.45) is 13.0 Å². The van der Waals surface area contributed by atoms with Gasteiger partial charge in [-0.3, -0.25) is 23.9 Å². The number of unbranched alkanes of at least 4 members (excludes halogenated alkanes) is 5. The number of thiocarbonyl (C=S) groups is 1. The molecule has 206 valence electrons. The van der Waals surface area contributed by atoms with Crippen LogP contribution in [0.3, 0.4) is 0 Å². The highest BCUT2D eigenvalue weighted by Crippen LogP contribution is 2.36. The van der Waals surface area contributed by atoms with Crippen LogP contribution in [0.25, 0.3) is 6.08 Å². The molecule has 0 saturated carbocycles. The molecule has 0 spiro atoms. The van der Waals surface area contributed by atoms with Gasteiger partial charge in [0.2, 0.25) is 0 Å². The normalized spacial score (nSPS) is 18.8. The lowest BCUT2D eigenvalue weighted by Crippen LogP contribution is -2.42. The van der Waals surface area contributed by atoms with Gasteiger partial charge in [-0.25, -0.2) is 0 Å². The van der Waals surface area contributed by atoms with Crippen molar-refractivity contribution in [2.45, 2.75) is 72.1 Å². The van der Waals surface area contributed by atoms with E-state index in [9.17, 15) is 19.6 Å². The standard InChI is InChI=1S/C28H38N4O4S2/c1-5-7-8-9-10-11-15-32-26(34)23(38-28(32)37)16-21-19(3)22(17-29)25(33)30(4)24(21)31-14-12-13-20(18-31)27(35)36-6-2/h16,20H,5-15,18H2,1-4H3/b23-16-. The summed E-state index contributed by atoms with van der Waals surface area (Å²) in [6.45, 7) is 7.66. The predicted molar refractivity (Wildman–Crippen MR) is 156 cm³/mol. The van der Waals surface area contributed by atoms with Crippen LogP contribution >= 0.6 is 24.0 Å². The fraction of sp³-hybridized carbons (Fsp3) is 0.607. The van der Waals surface area contributed by atoms with Crippen LogP contribution in [0.15, 0.2) is 9.70 Å². The number of ether oxygens (including phenoxy) is 1. The molecule has 1 amide bonds. The van der Waals surface area contributed by atoms with Gasteiger partial charge in [0.1, 0.15) is 21.8 Å². The zero-order valence-electron chi connectivity index (χ0n) is 22.9. The van der Waals surface area contributed by atoms with E-state index >= 15 is 0 Å². The van der Waals surface area contributed by atoms with Gasteiger partial charge in [0, 0.05) is 32.2 Å². The number of pyridine rings is 1. The Morgan fingerprint density at radius 3 is 2.61 bits per heavy atom. The molecule has 0 N–H and O–H groups in total. The molecule has 2 aliphatic rings. The molecule has 1 unspecified atom stereocenters. The Hall–Kier alpha value is -2.64. The second kappa shape index (κ2) is 13.9. The molecular formula is C28H38N4O4S2. The molecule has 2 saturated heterocycles. The largest absolute Gasteiger partial charge is 0.466 e. The average Bonchev–Trinajstić information content (AvgIpc) is 3.17. The second-order valence-corrected chi connectivity index (χ2v) is 11.5. The second-order valence-electron chi connectivity index (χ2n) is 9.85. The average molecular weight is 559 g/mol. The van der Waals surface area contributed by atoms with Crippen molar-refractivity contribution in [1.82, 2.24) is 9.47 Å². The maximum absolute atomic E-state index is 13.3. The van der Waals surface area contributed by atoms with Crippen LogP contribution in [0.2, 0.25) is 0 Å². The molecule has 3 heterocycles. The van der Waals surface area contributed by atoms with Crippen LogP contribution in [-0.4, -0.2) is 51.9 Å². The fourth-order valence-corrected chi connectivity index (χ4v) is 6.38. The van der Waals surface area contributed by atoms with E-state index in [-0.39, 0.29) is 23.4 Å². The van der Waals surface area contributed by atoms with E-state index in [1.807, 2.05) is 11.0 Å². The first-order valence-electron chi connectivity index (χ1n) is 13.6. The summed E-state index contributed by atoms with van der Waals surface area (Å²) >= 11 is 6.80. The van der Waals surface area contributed by atoms with Crippen LogP contribution < -0.4 is 10.5 Å². The minimum atomic E-state index is -0.397. The van der Waals surface area contributed by atoms with Gasteiger partial charge in [-0.1, -0.05) is 63.0 Å². The Morgan fingerprint density at radius 2 is 1.92 bits per heavy atom. The van der Waals surface area contributed by atoms with E-state index in [0.29, 0.717) is 58.8 Å². The highest BCUT2D eigenvalue weighted by atomic mass is 32.2. The highest BCUT2D eigenvalue weighted by molar-refractivity contribution is 8.26. The van der Waals surface area contributed by atoms with E-state index < -0.39 is 5.56 Å². The molecule has 0 aliphatic carbocycles. The minimum absolute atomic E-state index is 0.0454. The third-order valence-electron chi connectivity index (χ3n) is 7.19. The molecule has 1 aromatic rings. The van der Waals surface area contributed by atoms with Gasteiger partial charge in [-0.05, 0) is 44.7 Å². The third kappa shape index (κ3) is 6.67. The number of carbonyl (C=O) groups is 2. The summed E-state index contributed by atoms with van der Waals surface area (Å²) in [6, 6.07) is 2.04. The number of nitrogens with zero attached hydrogens (tertiary/aromatic N) is 4. The first-order chi connectivity index (χ1) is 18.2. The summed E-state index contributed by atoms with van der Waals surface area (Å²) in [6.07, 6.45) is 9.98. The Morgan fingerprint density at radius 1 is 1.21 bits per heavy atom. The number of amides is 1. The van der Waals surface area contributed by atoms with E-state index in [2.05, 4.69) is 6.92 Å². The summed E-state index contributed by atoms with van der Waals surface area (Å²) in [4.78, 5) is 43.1. The zero-order valence-corrected chi connectivity index (χ0v) is 24.5. The molecule has 2 fully saturated rings. The number of carbonyl (C=O) groups excluding carboxylic acids is 2. The fourth-order valence-electron chi connectivity index (χ4n) is 5.09. The molecule has 8 nitrogen and oxygen atoms in total. The number of anilines is 1. The smallest absolute Gasteiger partial charge is 0.310 e. The van der Waals surface area contributed by atoms with Gasteiger partial charge < -0.3 is 9.64 Å². The molecule has 2 aliphatic heterocycles. The molecule has 10 heteroatoms. The van der Waals surface area contributed by atoms with Crippen molar-refractivity contribution in [3.05, 3.63) is 31.9 Å². The van der Waals surface area contributed by atoms with Gasteiger partial charge in [-0.2, -0.15) is 5.26 Å². The van der Waals surface area contributed by atoms with Gasteiger partial charge in [-0.15, -0.1) is 0 Å². The highest BCUT2D eigenvalue weighted by Gasteiger charge is 2.34. The topological polar surface area (TPSA) is 95.6 Å². The first kappa shape index (κ1) is 29.9. The Labute approximate surface area is 235 Å². The van der Waals surface area contributed by atoms with Crippen molar-refractivity contribution in [2.75, 3.05) is 31.1 Å². The van der Waals surface area contributed by atoms with Crippen molar-refractivity contribution >= 4 is 52.1 Å². The number of esters is 1. The zero-order chi connectivity index (χ0) is 27.8. The molecule has 0 bridgehead atoms. The SMILES string of the molecule is CCCCCCCCN1C(=O)/C(=C/c2c(C)c(C#N)c(=O)n(C)c2N2CCCC(C(=O)OCC)C2)SC1=S. The summed E-state index contributed by atoms with van der Waals surface area (Å²) < 4.78 is 7.25. The minimum Gasteiger partial charge on any atom is -0.466 e. The van der Waals surface area contributed by atoms with Crippen LogP contribution in [0.5, 0.6) is 0 Å². The summed E-state index contributed by atoms with van der Waals surface area (Å²) in [7, 11) is 1.63. The van der Waals surface area contributed by atoms with Gasteiger partial charge >= 0.3 is 5.97 Å². The van der Waals surface area contributed by atoms with Gasteiger partial charge in [0.05, 0.1) is 17.4 Å². The lowest BCUT2D eigenvalue weighted by Gasteiger charge is -2.35. The number of piperidine rings is 1. The van der Waals surface area contributed by atoms with Crippen molar-refractivity contribution in [1.29, 1.82) is 5.26 Å².